The summed E-state index contributed by atoms with van der Waals surface area (Å²) in [5, 5.41) is 9.00. The SMILES string of the molecule is Nn1cnnc1SCc1nc2sc3c(c2c(=O)[nH]1)CCCC3. The Balaban J connectivity index is 1.68. The number of hydrogen-bond acceptors (Lipinski definition) is 7. The van der Waals surface area contributed by atoms with E-state index in [0.29, 0.717) is 16.7 Å². The monoisotopic (exact) mass is 334 g/mol. The van der Waals surface area contributed by atoms with Gasteiger partial charge in [0.15, 0.2) is 0 Å². The second kappa shape index (κ2) is 5.40. The molecule has 1 aliphatic rings. The standard InChI is InChI=1S/C13H14N6OS2/c14-19-6-15-18-13(19)21-5-9-16-11(20)10-7-3-1-2-4-8(7)22-12(10)17-9/h6H,1-5,14H2,(H,16,17,20). The molecule has 3 N–H and O–H groups in total. The zero-order chi connectivity index (χ0) is 15.1. The number of hydrogen-bond donors (Lipinski definition) is 2. The highest BCUT2D eigenvalue weighted by Crippen LogP contribution is 2.33. The van der Waals surface area contributed by atoms with Crippen molar-refractivity contribution in [1.29, 1.82) is 0 Å². The normalized spacial score (nSPS) is 14.4. The third-order valence-electron chi connectivity index (χ3n) is 3.75. The number of nitrogens with zero attached hydrogens (tertiary/aromatic N) is 4. The van der Waals surface area contributed by atoms with Crippen molar-refractivity contribution in [3.05, 3.63) is 32.9 Å². The molecule has 9 heteroatoms. The fourth-order valence-corrected chi connectivity index (χ4v) is 4.73. The minimum Gasteiger partial charge on any atom is -0.336 e. The fourth-order valence-electron chi connectivity index (χ4n) is 2.75. The quantitative estimate of drug-likeness (QED) is 0.555. The van der Waals surface area contributed by atoms with Crippen LogP contribution in [0.1, 0.15) is 29.1 Å². The first-order valence-electron chi connectivity index (χ1n) is 7.03. The van der Waals surface area contributed by atoms with E-state index in [-0.39, 0.29) is 5.56 Å². The van der Waals surface area contributed by atoms with E-state index in [1.54, 1.807) is 11.3 Å². The Hall–Kier alpha value is -1.87. The number of thiophene rings is 1. The van der Waals surface area contributed by atoms with Crippen LogP contribution in [0.4, 0.5) is 0 Å². The molecule has 0 bridgehead atoms. The first-order chi connectivity index (χ1) is 10.7. The molecule has 3 aromatic heterocycles. The molecule has 7 nitrogen and oxygen atoms in total. The van der Waals surface area contributed by atoms with Crippen LogP contribution in [0.5, 0.6) is 0 Å². The second-order valence-electron chi connectivity index (χ2n) is 5.21. The van der Waals surface area contributed by atoms with E-state index in [2.05, 4.69) is 20.2 Å². The second-order valence-corrected chi connectivity index (χ2v) is 7.24. The lowest BCUT2D eigenvalue weighted by Gasteiger charge is -2.09. The summed E-state index contributed by atoms with van der Waals surface area (Å²) in [5.74, 6) is 6.82. The number of rotatable bonds is 3. The number of nitrogens with two attached hydrogens (primary N) is 1. The summed E-state index contributed by atoms with van der Waals surface area (Å²) in [6.07, 6.45) is 5.85. The molecule has 3 heterocycles. The van der Waals surface area contributed by atoms with E-state index in [1.807, 2.05) is 0 Å². The summed E-state index contributed by atoms with van der Waals surface area (Å²) < 4.78 is 1.35. The Bertz CT molecular complexity index is 896. The first-order valence-corrected chi connectivity index (χ1v) is 8.84. The van der Waals surface area contributed by atoms with Gasteiger partial charge in [0.05, 0.1) is 11.1 Å². The van der Waals surface area contributed by atoms with Gasteiger partial charge >= 0.3 is 0 Å². The average Bonchev–Trinajstić information content (AvgIpc) is 3.08. The molecule has 114 valence electrons. The third-order valence-corrected chi connectivity index (χ3v) is 5.91. The maximum absolute atomic E-state index is 12.4. The van der Waals surface area contributed by atoms with Gasteiger partial charge in [-0.05, 0) is 31.2 Å². The number of thioether (sulfide) groups is 1. The Morgan fingerprint density at radius 3 is 3.09 bits per heavy atom. The predicted molar refractivity (Wildman–Crippen MR) is 86.6 cm³/mol. The summed E-state index contributed by atoms with van der Waals surface area (Å²) in [6, 6.07) is 0. The van der Waals surface area contributed by atoms with Crippen molar-refractivity contribution in [1.82, 2.24) is 24.8 Å². The summed E-state index contributed by atoms with van der Waals surface area (Å²) in [5.41, 5.74) is 1.18. The molecule has 3 aromatic rings. The van der Waals surface area contributed by atoms with Crippen LogP contribution in [0, 0.1) is 0 Å². The summed E-state index contributed by atoms with van der Waals surface area (Å²) >= 11 is 3.05. The van der Waals surface area contributed by atoms with E-state index in [1.165, 1.54) is 39.6 Å². The number of aryl methyl sites for hydroxylation is 2. The number of nitrogen functional groups attached to an aromatic ring is 1. The number of fused-ring (bicyclic) bond motifs is 3. The van der Waals surface area contributed by atoms with Crippen LogP contribution in [0.2, 0.25) is 0 Å². The van der Waals surface area contributed by atoms with Gasteiger partial charge in [0.1, 0.15) is 17.0 Å². The van der Waals surface area contributed by atoms with E-state index in [9.17, 15) is 4.79 Å². The molecule has 0 radical (unpaired) electrons. The maximum atomic E-state index is 12.4. The molecule has 0 fully saturated rings. The molecule has 0 unspecified atom stereocenters. The lowest BCUT2D eigenvalue weighted by atomic mass is 9.97. The Kier molecular flexibility index (Phi) is 3.38. The van der Waals surface area contributed by atoms with Gasteiger partial charge in [-0.15, -0.1) is 21.5 Å². The highest BCUT2D eigenvalue weighted by Gasteiger charge is 2.19. The van der Waals surface area contributed by atoms with Crippen molar-refractivity contribution < 1.29 is 0 Å². The summed E-state index contributed by atoms with van der Waals surface area (Å²) in [7, 11) is 0. The Morgan fingerprint density at radius 1 is 1.41 bits per heavy atom. The molecule has 4 rings (SSSR count). The van der Waals surface area contributed by atoms with Gasteiger partial charge < -0.3 is 10.8 Å². The summed E-state index contributed by atoms with van der Waals surface area (Å²) in [4.78, 5) is 22.1. The van der Waals surface area contributed by atoms with Gasteiger partial charge in [0.2, 0.25) is 5.16 Å². The Labute approximate surface area is 133 Å². The molecule has 0 atom stereocenters. The van der Waals surface area contributed by atoms with Crippen LogP contribution in [0.15, 0.2) is 16.3 Å². The van der Waals surface area contributed by atoms with Crippen LogP contribution in [-0.2, 0) is 18.6 Å². The smallest absolute Gasteiger partial charge is 0.259 e. The van der Waals surface area contributed by atoms with Crippen LogP contribution >= 0.6 is 23.1 Å². The molecule has 0 aliphatic heterocycles. The van der Waals surface area contributed by atoms with Crippen molar-refractivity contribution in [2.45, 2.75) is 36.6 Å². The molecule has 0 amide bonds. The van der Waals surface area contributed by atoms with Crippen LogP contribution in [-0.4, -0.2) is 24.8 Å². The molecule has 1 aliphatic carbocycles. The van der Waals surface area contributed by atoms with E-state index in [0.717, 1.165) is 29.5 Å². The summed E-state index contributed by atoms with van der Waals surface area (Å²) in [6.45, 7) is 0. The number of aromatic nitrogens is 5. The van der Waals surface area contributed by atoms with Crippen molar-refractivity contribution in [3.8, 4) is 0 Å². The molecular weight excluding hydrogens is 320 g/mol. The van der Waals surface area contributed by atoms with Crippen LogP contribution < -0.4 is 11.4 Å². The Morgan fingerprint density at radius 2 is 2.27 bits per heavy atom. The van der Waals surface area contributed by atoms with Gasteiger partial charge in [-0.1, -0.05) is 11.8 Å². The molecule has 0 spiro atoms. The van der Waals surface area contributed by atoms with Gasteiger partial charge in [0, 0.05) is 4.88 Å². The number of H-pyrrole nitrogens is 1. The van der Waals surface area contributed by atoms with Crippen LogP contribution in [0.3, 0.4) is 0 Å². The topological polar surface area (TPSA) is 102 Å². The first kappa shape index (κ1) is 13.8. The molecule has 0 saturated carbocycles. The van der Waals surface area contributed by atoms with Gasteiger partial charge in [-0.3, -0.25) is 4.79 Å². The van der Waals surface area contributed by atoms with Crippen molar-refractivity contribution in [2.75, 3.05) is 5.84 Å². The number of aromatic amines is 1. The highest BCUT2D eigenvalue weighted by molar-refractivity contribution is 7.98. The van der Waals surface area contributed by atoms with Gasteiger partial charge in [0.25, 0.3) is 5.56 Å². The molecule has 22 heavy (non-hydrogen) atoms. The lowest BCUT2D eigenvalue weighted by Crippen LogP contribution is -2.13. The van der Waals surface area contributed by atoms with Crippen LogP contribution in [0.25, 0.3) is 10.2 Å². The van der Waals surface area contributed by atoms with Crippen molar-refractivity contribution in [3.63, 3.8) is 0 Å². The average molecular weight is 334 g/mol. The molecule has 0 aromatic carbocycles. The third kappa shape index (κ3) is 2.30. The lowest BCUT2D eigenvalue weighted by molar-refractivity contribution is 0.700. The zero-order valence-corrected chi connectivity index (χ0v) is 13.3. The minimum atomic E-state index is -0.0331. The van der Waals surface area contributed by atoms with Crippen molar-refractivity contribution in [2.24, 2.45) is 0 Å². The predicted octanol–water partition coefficient (Wildman–Crippen LogP) is 1.46. The maximum Gasteiger partial charge on any atom is 0.259 e. The number of nitrogens with one attached hydrogen (secondary N) is 1. The van der Waals surface area contributed by atoms with E-state index in [4.69, 9.17) is 5.84 Å². The minimum absolute atomic E-state index is 0.0331. The van der Waals surface area contributed by atoms with Crippen molar-refractivity contribution >= 4 is 33.3 Å². The molecule has 0 saturated heterocycles. The zero-order valence-electron chi connectivity index (χ0n) is 11.7. The largest absolute Gasteiger partial charge is 0.336 e. The molecular formula is C13H14N6OS2. The van der Waals surface area contributed by atoms with E-state index >= 15 is 0 Å². The van der Waals surface area contributed by atoms with Gasteiger partial charge in [-0.2, -0.15) is 0 Å². The van der Waals surface area contributed by atoms with Gasteiger partial charge in [-0.25, -0.2) is 9.66 Å². The highest BCUT2D eigenvalue weighted by atomic mass is 32.2. The van der Waals surface area contributed by atoms with E-state index < -0.39 is 0 Å². The fraction of sp³-hybridized carbons (Fsp3) is 0.385.